The molecule has 2 aromatic rings. The first-order chi connectivity index (χ1) is 15.9. The third-order valence-electron chi connectivity index (χ3n) is 6.48. The molecule has 2 unspecified atom stereocenters. The number of carbonyl (C=O) groups excluding carboxylic acids is 4. The Labute approximate surface area is 195 Å². The first-order valence-electron chi connectivity index (χ1n) is 11.3. The number of thiophene rings is 1. The monoisotopic (exact) mass is 466 g/mol. The molecular weight excluding hydrogens is 440 g/mol. The molecule has 0 saturated heterocycles. The predicted octanol–water partition coefficient (Wildman–Crippen LogP) is 2.11. The van der Waals surface area contributed by atoms with Gasteiger partial charge in [0.15, 0.2) is 0 Å². The molecule has 2 atom stereocenters. The van der Waals surface area contributed by atoms with Gasteiger partial charge in [-0.1, -0.05) is 25.1 Å². The van der Waals surface area contributed by atoms with Crippen molar-refractivity contribution in [3.05, 3.63) is 56.8 Å². The van der Waals surface area contributed by atoms with E-state index in [4.69, 9.17) is 0 Å². The van der Waals surface area contributed by atoms with Crippen LogP contribution in [0.25, 0.3) is 0 Å². The van der Waals surface area contributed by atoms with Crippen molar-refractivity contribution in [3.8, 4) is 0 Å². The molecule has 1 fully saturated rings. The van der Waals surface area contributed by atoms with Crippen molar-refractivity contribution in [1.29, 1.82) is 0 Å². The fourth-order valence-electron chi connectivity index (χ4n) is 4.65. The van der Waals surface area contributed by atoms with Crippen molar-refractivity contribution in [3.63, 3.8) is 0 Å². The van der Waals surface area contributed by atoms with E-state index >= 15 is 0 Å². The zero-order chi connectivity index (χ0) is 23.1. The maximum absolute atomic E-state index is 12.9. The minimum atomic E-state index is -0.733. The van der Waals surface area contributed by atoms with Crippen LogP contribution in [0.1, 0.15) is 68.3 Å². The lowest BCUT2D eigenvalue weighted by Gasteiger charge is -2.24. The molecule has 172 valence electrons. The van der Waals surface area contributed by atoms with Crippen LogP contribution >= 0.6 is 11.3 Å². The second kappa shape index (κ2) is 8.62. The number of rotatable bonds is 5. The number of carbonyl (C=O) groups is 4. The highest BCUT2D eigenvalue weighted by atomic mass is 32.1. The quantitative estimate of drug-likeness (QED) is 0.587. The summed E-state index contributed by atoms with van der Waals surface area (Å²) in [6.07, 6.45) is 4.84. The van der Waals surface area contributed by atoms with E-state index in [2.05, 4.69) is 23.1 Å². The van der Waals surface area contributed by atoms with Gasteiger partial charge >= 0.3 is 0 Å². The topological polar surface area (TPSA) is 108 Å². The first kappa shape index (κ1) is 21.6. The van der Waals surface area contributed by atoms with Gasteiger partial charge in [-0.05, 0) is 61.3 Å². The standard InChI is InChI=1S/C24H26N4O4S/c1-13-6-9-18-14(10-13)11-19(33-18)22(30)27-26-20(29)12-25-23(31)21-16-4-2-3-5-17(16)24(32)28(21)15-7-8-15/h2-5,11,13,15,21H,6-10,12H2,1H3,(H,25,31)(H,26,29)(H,27,30). The summed E-state index contributed by atoms with van der Waals surface area (Å²) < 4.78 is 0. The maximum atomic E-state index is 12.9. The number of nitrogens with zero attached hydrogens (tertiary/aromatic N) is 1. The average molecular weight is 467 g/mol. The molecule has 0 spiro atoms. The average Bonchev–Trinajstić information content (AvgIpc) is 3.49. The molecule has 3 aliphatic rings. The normalized spacial score (nSPS) is 21.2. The molecule has 8 nitrogen and oxygen atoms in total. The van der Waals surface area contributed by atoms with Gasteiger partial charge in [-0.25, -0.2) is 0 Å². The van der Waals surface area contributed by atoms with E-state index in [0.29, 0.717) is 21.9 Å². The Bertz CT molecular complexity index is 1140. The number of hydrogen-bond acceptors (Lipinski definition) is 5. The van der Waals surface area contributed by atoms with Crippen LogP contribution in [-0.4, -0.2) is 41.1 Å². The van der Waals surface area contributed by atoms with Crippen LogP contribution in [0.2, 0.25) is 0 Å². The van der Waals surface area contributed by atoms with Gasteiger partial charge in [0.2, 0.25) is 5.91 Å². The highest BCUT2D eigenvalue weighted by molar-refractivity contribution is 7.14. The molecule has 1 aromatic carbocycles. The summed E-state index contributed by atoms with van der Waals surface area (Å²) >= 11 is 1.46. The zero-order valence-corrected chi connectivity index (χ0v) is 19.2. The molecule has 2 aliphatic carbocycles. The summed E-state index contributed by atoms with van der Waals surface area (Å²) in [7, 11) is 0. The van der Waals surface area contributed by atoms with Gasteiger partial charge < -0.3 is 10.2 Å². The van der Waals surface area contributed by atoms with E-state index in [1.54, 1.807) is 29.2 Å². The molecular formula is C24H26N4O4S. The highest BCUT2D eigenvalue weighted by Crippen LogP contribution is 2.41. The fourth-order valence-corrected chi connectivity index (χ4v) is 5.75. The number of nitrogens with one attached hydrogen (secondary N) is 3. The molecule has 3 N–H and O–H groups in total. The molecule has 4 amide bonds. The minimum Gasteiger partial charge on any atom is -0.345 e. The molecule has 0 bridgehead atoms. The minimum absolute atomic E-state index is 0.0633. The molecule has 33 heavy (non-hydrogen) atoms. The number of hydrazine groups is 1. The maximum Gasteiger partial charge on any atom is 0.279 e. The predicted molar refractivity (Wildman–Crippen MR) is 123 cm³/mol. The smallest absolute Gasteiger partial charge is 0.279 e. The second-order valence-electron chi connectivity index (χ2n) is 9.06. The van der Waals surface area contributed by atoms with Gasteiger partial charge in [-0.2, -0.15) is 0 Å². The molecule has 5 rings (SSSR count). The molecule has 0 radical (unpaired) electrons. The van der Waals surface area contributed by atoms with Crippen LogP contribution in [0, 0.1) is 5.92 Å². The summed E-state index contributed by atoms with van der Waals surface area (Å²) in [6.45, 7) is 1.90. The molecule has 2 heterocycles. The van der Waals surface area contributed by atoms with Crippen molar-refractivity contribution < 1.29 is 19.2 Å². The van der Waals surface area contributed by atoms with Gasteiger partial charge in [0.1, 0.15) is 6.04 Å². The van der Waals surface area contributed by atoms with Crippen LogP contribution in [0.5, 0.6) is 0 Å². The Morgan fingerprint density at radius 2 is 1.91 bits per heavy atom. The molecule has 1 saturated carbocycles. The summed E-state index contributed by atoms with van der Waals surface area (Å²) in [4.78, 5) is 53.8. The number of fused-ring (bicyclic) bond motifs is 2. The third kappa shape index (κ3) is 4.25. The number of hydrogen-bond donors (Lipinski definition) is 3. The Morgan fingerprint density at radius 3 is 2.70 bits per heavy atom. The van der Waals surface area contributed by atoms with Gasteiger partial charge in [0.25, 0.3) is 17.7 Å². The van der Waals surface area contributed by atoms with Crippen molar-refractivity contribution >= 4 is 35.0 Å². The lowest BCUT2D eigenvalue weighted by molar-refractivity contribution is -0.129. The van der Waals surface area contributed by atoms with E-state index in [-0.39, 0.29) is 24.4 Å². The van der Waals surface area contributed by atoms with Crippen molar-refractivity contribution in [1.82, 2.24) is 21.1 Å². The zero-order valence-electron chi connectivity index (χ0n) is 18.3. The van der Waals surface area contributed by atoms with Crippen LogP contribution in [0.15, 0.2) is 30.3 Å². The Morgan fingerprint density at radius 1 is 1.12 bits per heavy atom. The van der Waals surface area contributed by atoms with E-state index in [0.717, 1.165) is 32.1 Å². The summed E-state index contributed by atoms with van der Waals surface area (Å²) in [5.74, 6) is -0.830. The van der Waals surface area contributed by atoms with Crippen LogP contribution in [0.4, 0.5) is 0 Å². The van der Waals surface area contributed by atoms with E-state index < -0.39 is 17.9 Å². The Kier molecular flexibility index (Phi) is 5.65. The van der Waals surface area contributed by atoms with Gasteiger partial charge in [-0.3, -0.25) is 30.0 Å². The number of aryl methyl sites for hydroxylation is 1. The van der Waals surface area contributed by atoms with E-state index in [1.807, 2.05) is 6.07 Å². The van der Waals surface area contributed by atoms with E-state index in [9.17, 15) is 19.2 Å². The van der Waals surface area contributed by atoms with Crippen molar-refractivity contribution in [2.24, 2.45) is 5.92 Å². The largest absolute Gasteiger partial charge is 0.345 e. The van der Waals surface area contributed by atoms with Crippen LogP contribution in [-0.2, 0) is 22.4 Å². The van der Waals surface area contributed by atoms with Crippen molar-refractivity contribution in [2.75, 3.05) is 6.54 Å². The van der Waals surface area contributed by atoms with Gasteiger partial charge in [0.05, 0.1) is 11.4 Å². The van der Waals surface area contributed by atoms with Crippen LogP contribution < -0.4 is 16.2 Å². The Balaban J connectivity index is 1.16. The lowest BCUT2D eigenvalue weighted by Crippen LogP contribution is -2.48. The molecule has 1 aliphatic heterocycles. The molecule has 9 heteroatoms. The van der Waals surface area contributed by atoms with Crippen molar-refractivity contribution in [2.45, 2.75) is 51.1 Å². The highest BCUT2D eigenvalue weighted by Gasteiger charge is 2.47. The number of benzene rings is 1. The Hall–Kier alpha value is -3.20. The molecule has 1 aromatic heterocycles. The fraction of sp³-hybridized carbons (Fsp3) is 0.417. The number of amides is 4. The van der Waals surface area contributed by atoms with E-state index in [1.165, 1.54) is 21.8 Å². The van der Waals surface area contributed by atoms with Crippen LogP contribution in [0.3, 0.4) is 0 Å². The summed E-state index contributed by atoms with van der Waals surface area (Å²) in [5.41, 5.74) is 7.21. The summed E-state index contributed by atoms with van der Waals surface area (Å²) in [6, 6.07) is 8.32. The second-order valence-corrected chi connectivity index (χ2v) is 10.2. The first-order valence-corrected chi connectivity index (χ1v) is 12.1. The third-order valence-corrected chi connectivity index (χ3v) is 7.71. The van der Waals surface area contributed by atoms with Gasteiger partial charge in [0, 0.05) is 16.5 Å². The lowest BCUT2D eigenvalue weighted by atomic mass is 9.90. The summed E-state index contributed by atoms with van der Waals surface area (Å²) in [5, 5.41) is 2.61. The van der Waals surface area contributed by atoms with Gasteiger partial charge in [-0.15, -0.1) is 11.3 Å². The SMILES string of the molecule is CC1CCc2sc(C(=O)NNC(=O)CNC(=O)C3c4ccccc4C(=O)N3C3CC3)cc2C1.